The molecule has 4 nitrogen and oxygen atoms in total. The molecule has 94 valence electrons. The summed E-state index contributed by atoms with van der Waals surface area (Å²) in [6.07, 6.45) is 1.27. The van der Waals surface area contributed by atoms with E-state index in [9.17, 15) is 4.79 Å². The van der Waals surface area contributed by atoms with Gasteiger partial charge in [-0.3, -0.25) is 0 Å². The third kappa shape index (κ3) is 3.61. The van der Waals surface area contributed by atoms with E-state index in [0.29, 0.717) is 12.3 Å². The Kier molecular flexibility index (Phi) is 4.67. The molecule has 0 saturated carbocycles. The molecule has 1 aromatic rings. The van der Waals surface area contributed by atoms with Crippen molar-refractivity contribution in [3.8, 4) is 0 Å². The van der Waals surface area contributed by atoms with E-state index in [1.807, 2.05) is 11.8 Å². The van der Waals surface area contributed by atoms with Crippen molar-refractivity contribution in [1.82, 2.24) is 4.98 Å². The number of rotatable bonds is 5. The molecule has 6 heteroatoms. The second-order valence-corrected chi connectivity index (χ2v) is 5.88. The summed E-state index contributed by atoms with van der Waals surface area (Å²) in [5, 5.41) is 5.84. The van der Waals surface area contributed by atoms with Crippen molar-refractivity contribution in [2.75, 3.05) is 30.0 Å². The van der Waals surface area contributed by atoms with Crippen LogP contribution >= 0.6 is 23.1 Å². The maximum Gasteiger partial charge on any atom is 0.357 e. The smallest absolute Gasteiger partial charge is 0.357 e. The Morgan fingerprint density at radius 3 is 3.29 bits per heavy atom. The van der Waals surface area contributed by atoms with Gasteiger partial charge in [-0.2, -0.15) is 11.8 Å². The first kappa shape index (κ1) is 12.7. The van der Waals surface area contributed by atoms with Gasteiger partial charge >= 0.3 is 5.97 Å². The number of esters is 1. The van der Waals surface area contributed by atoms with E-state index < -0.39 is 0 Å². The van der Waals surface area contributed by atoms with Gasteiger partial charge in [0, 0.05) is 11.9 Å². The van der Waals surface area contributed by atoms with Gasteiger partial charge in [0.2, 0.25) is 0 Å². The maximum absolute atomic E-state index is 11.4. The minimum atomic E-state index is -0.340. The topological polar surface area (TPSA) is 51.2 Å². The number of anilines is 1. The summed E-state index contributed by atoms with van der Waals surface area (Å²) in [5.74, 6) is 2.88. The van der Waals surface area contributed by atoms with Crippen LogP contribution in [0.15, 0.2) is 5.38 Å². The molecule has 0 aliphatic carbocycles. The zero-order valence-corrected chi connectivity index (χ0v) is 11.4. The summed E-state index contributed by atoms with van der Waals surface area (Å²) in [6.45, 7) is 3.13. The van der Waals surface area contributed by atoms with Crippen molar-refractivity contribution >= 4 is 34.2 Å². The first-order valence-corrected chi connectivity index (χ1v) is 7.77. The van der Waals surface area contributed by atoms with Gasteiger partial charge in [-0.15, -0.1) is 11.3 Å². The fourth-order valence-electron chi connectivity index (χ4n) is 1.63. The SMILES string of the molecule is CCOC(=O)c1csc(NCC2CCSC2)n1. The second-order valence-electron chi connectivity index (χ2n) is 3.87. The van der Waals surface area contributed by atoms with Crippen LogP contribution in [-0.2, 0) is 4.74 Å². The van der Waals surface area contributed by atoms with E-state index in [2.05, 4.69) is 10.3 Å². The highest BCUT2D eigenvalue weighted by atomic mass is 32.2. The summed E-state index contributed by atoms with van der Waals surface area (Å²) in [5.41, 5.74) is 0.403. The summed E-state index contributed by atoms with van der Waals surface area (Å²) >= 11 is 3.46. The monoisotopic (exact) mass is 272 g/mol. The predicted molar refractivity (Wildman–Crippen MR) is 72.0 cm³/mol. The van der Waals surface area contributed by atoms with Crippen molar-refractivity contribution in [2.45, 2.75) is 13.3 Å². The molecule has 1 atom stereocenters. The molecule has 1 aliphatic heterocycles. The molecule has 2 rings (SSSR count). The molecule has 1 unspecified atom stereocenters. The number of ether oxygens (including phenoxy) is 1. The molecule has 2 heterocycles. The lowest BCUT2D eigenvalue weighted by Crippen LogP contribution is -2.13. The van der Waals surface area contributed by atoms with Gasteiger partial charge in [0.25, 0.3) is 0 Å². The number of carbonyl (C=O) groups excluding carboxylic acids is 1. The summed E-state index contributed by atoms with van der Waals surface area (Å²) in [6, 6.07) is 0. The van der Waals surface area contributed by atoms with Crippen LogP contribution in [0.1, 0.15) is 23.8 Å². The Balaban J connectivity index is 1.83. The Morgan fingerprint density at radius 1 is 1.71 bits per heavy atom. The molecular weight excluding hydrogens is 256 g/mol. The molecule has 0 amide bonds. The van der Waals surface area contributed by atoms with Crippen LogP contribution in [0.25, 0.3) is 0 Å². The van der Waals surface area contributed by atoms with Crippen LogP contribution in [0, 0.1) is 5.92 Å². The second kappa shape index (κ2) is 6.26. The highest BCUT2D eigenvalue weighted by molar-refractivity contribution is 7.99. The van der Waals surface area contributed by atoms with E-state index in [-0.39, 0.29) is 5.97 Å². The molecule has 0 spiro atoms. The van der Waals surface area contributed by atoms with Gasteiger partial charge in [0.05, 0.1) is 6.61 Å². The van der Waals surface area contributed by atoms with Crippen LogP contribution in [0.2, 0.25) is 0 Å². The minimum Gasteiger partial charge on any atom is -0.461 e. The van der Waals surface area contributed by atoms with Gasteiger partial charge in [0.15, 0.2) is 10.8 Å². The van der Waals surface area contributed by atoms with Gasteiger partial charge < -0.3 is 10.1 Å². The molecule has 0 aromatic carbocycles. The molecule has 0 bridgehead atoms. The van der Waals surface area contributed by atoms with Gasteiger partial charge in [-0.1, -0.05) is 0 Å². The largest absolute Gasteiger partial charge is 0.461 e. The van der Waals surface area contributed by atoms with Crippen LogP contribution in [0.3, 0.4) is 0 Å². The number of nitrogens with zero attached hydrogens (tertiary/aromatic N) is 1. The Morgan fingerprint density at radius 2 is 2.59 bits per heavy atom. The Labute approximate surface area is 109 Å². The zero-order chi connectivity index (χ0) is 12.1. The lowest BCUT2D eigenvalue weighted by molar-refractivity contribution is 0.0520. The van der Waals surface area contributed by atoms with Crippen molar-refractivity contribution in [2.24, 2.45) is 5.92 Å². The van der Waals surface area contributed by atoms with Gasteiger partial charge in [-0.25, -0.2) is 9.78 Å². The summed E-state index contributed by atoms with van der Waals surface area (Å²) < 4.78 is 4.89. The highest BCUT2D eigenvalue weighted by Crippen LogP contribution is 2.24. The third-order valence-electron chi connectivity index (χ3n) is 2.55. The van der Waals surface area contributed by atoms with E-state index in [1.54, 1.807) is 12.3 Å². The van der Waals surface area contributed by atoms with E-state index in [0.717, 1.165) is 17.6 Å². The van der Waals surface area contributed by atoms with Crippen LogP contribution in [-0.4, -0.2) is 35.6 Å². The van der Waals surface area contributed by atoms with Gasteiger partial charge in [0.1, 0.15) is 0 Å². The van der Waals surface area contributed by atoms with Crippen molar-refractivity contribution < 1.29 is 9.53 Å². The Hall–Kier alpha value is -0.750. The van der Waals surface area contributed by atoms with Crippen LogP contribution in [0.4, 0.5) is 5.13 Å². The van der Waals surface area contributed by atoms with Crippen molar-refractivity contribution in [1.29, 1.82) is 0 Å². The molecule has 1 fully saturated rings. The maximum atomic E-state index is 11.4. The molecule has 1 saturated heterocycles. The van der Waals surface area contributed by atoms with E-state index >= 15 is 0 Å². The lowest BCUT2D eigenvalue weighted by Gasteiger charge is -2.07. The molecule has 17 heavy (non-hydrogen) atoms. The predicted octanol–water partition coefficient (Wildman–Crippen LogP) is 2.48. The number of carbonyl (C=O) groups is 1. The molecule has 1 N–H and O–H groups in total. The van der Waals surface area contributed by atoms with E-state index in [1.165, 1.54) is 29.3 Å². The quantitative estimate of drug-likeness (QED) is 0.835. The highest BCUT2D eigenvalue weighted by Gasteiger charge is 2.16. The number of nitrogens with one attached hydrogen (secondary N) is 1. The normalized spacial score (nSPS) is 19.2. The average molecular weight is 272 g/mol. The number of aromatic nitrogens is 1. The number of thioether (sulfide) groups is 1. The molecule has 1 aromatic heterocycles. The molecular formula is C11H16N2O2S2. The number of thiazole rings is 1. The fourth-order valence-corrected chi connectivity index (χ4v) is 3.60. The van der Waals surface area contributed by atoms with Crippen LogP contribution in [0.5, 0.6) is 0 Å². The van der Waals surface area contributed by atoms with Crippen LogP contribution < -0.4 is 5.32 Å². The van der Waals surface area contributed by atoms with Crippen molar-refractivity contribution in [3.05, 3.63) is 11.1 Å². The lowest BCUT2D eigenvalue weighted by atomic mass is 10.1. The summed E-state index contributed by atoms with van der Waals surface area (Å²) in [7, 11) is 0. The number of hydrogen-bond donors (Lipinski definition) is 1. The van der Waals surface area contributed by atoms with Crippen molar-refractivity contribution in [3.63, 3.8) is 0 Å². The fraction of sp³-hybridized carbons (Fsp3) is 0.636. The Bertz CT molecular complexity index is 375. The number of hydrogen-bond acceptors (Lipinski definition) is 6. The minimum absolute atomic E-state index is 0.340. The first-order chi connectivity index (χ1) is 8.29. The first-order valence-electron chi connectivity index (χ1n) is 5.74. The van der Waals surface area contributed by atoms with E-state index in [4.69, 9.17) is 4.74 Å². The van der Waals surface area contributed by atoms with Gasteiger partial charge in [-0.05, 0) is 30.8 Å². The molecule has 0 radical (unpaired) electrons. The zero-order valence-electron chi connectivity index (χ0n) is 9.77. The molecule has 1 aliphatic rings. The standard InChI is InChI=1S/C11H16N2O2S2/c1-2-15-10(14)9-7-17-11(13-9)12-5-8-3-4-16-6-8/h7-8H,2-6H2,1H3,(H,12,13). The average Bonchev–Trinajstić information content (AvgIpc) is 2.98. The summed E-state index contributed by atoms with van der Waals surface area (Å²) in [4.78, 5) is 15.6. The third-order valence-corrected chi connectivity index (χ3v) is 4.59.